The van der Waals surface area contributed by atoms with Crippen molar-refractivity contribution in [1.29, 1.82) is 0 Å². The highest BCUT2D eigenvalue weighted by molar-refractivity contribution is 6.07. The Morgan fingerprint density at radius 2 is 2.00 bits per heavy atom. The molecule has 0 saturated carbocycles. The van der Waals surface area contributed by atoms with Gasteiger partial charge in [0.15, 0.2) is 5.78 Å². The lowest BCUT2D eigenvalue weighted by Gasteiger charge is -2.04. The zero-order valence-electron chi connectivity index (χ0n) is 13.0. The van der Waals surface area contributed by atoms with Crippen molar-refractivity contribution in [1.82, 2.24) is 9.78 Å². The molecule has 1 heterocycles. The second-order valence-corrected chi connectivity index (χ2v) is 5.06. The third kappa shape index (κ3) is 4.81. The minimum atomic E-state index is -0.895. The number of benzene rings is 1. The van der Waals surface area contributed by atoms with E-state index in [1.54, 1.807) is 55.2 Å². The largest absolute Gasteiger partial charge is 0.493 e. The van der Waals surface area contributed by atoms with Crippen LogP contribution in [0.5, 0.6) is 5.75 Å². The number of nitrogens with zero attached hydrogens (tertiary/aromatic N) is 2. The van der Waals surface area contributed by atoms with Crippen LogP contribution in [0, 0.1) is 6.92 Å². The highest BCUT2D eigenvalue weighted by Gasteiger charge is 2.09. The highest BCUT2D eigenvalue weighted by atomic mass is 16.5. The maximum atomic E-state index is 12.1. The lowest BCUT2D eigenvalue weighted by atomic mass is 10.1. The molecule has 23 heavy (non-hydrogen) atoms. The standard InChI is InChI=1S/C17H18N2O4/c1-12-15(11-19(2)18-12)16(20)8-5-13-3-6-14(7-4-13)23-10-9-17(21)22/h3-8,11H,9-10H2,1-2H3,(H,21,22). The van der Waals surface area contributed by atoms with Gasteiger partial charge in [-0.25, -0.2) is 0 Å². The summed E-state index contributed by atoms with van der Waals surface area (Å²) in [6.45, 7) is 1.92. The summed E-state index contributed by atoms with van der Waals surface area (Å²) in [6.07, 6.45) is 4.88. The summed E-state index contributed by atoms with van der Waals surface area (Å²) >= 11 is 0. The van der Waals surface area contributed by atoms with Crippen LogP contribution >= 0.6 is 0 Å². The molecule has 1 aromatic heterocycles. The van der Waals surface area contributed by atoms with E-state index in [0.717, 1.165) is 5.56 Å². The van der Waals surface area contributed by atoms with Crippen molar-refractivity contribution in [3.63, 3.8) is 0 Å². The molecular formula is C17H18N2O4. The van der Waals surface area contributed by atoms with E-state index in [2.05, 4.69) is 5.10 Å². The lowest BCUT2D eigenvalue weighted by molar-refractivity contribution is -0.137. The van der Waals surface area contributed by atoms with E-state index in [4.69, 9.17) is 9.84 Å². The van der Waals surface area contributed by atoms with E-state index in [-0.39, 0.29) is 18.8 Å². The maximum absolute atomic E-state index is 12.1. The quantitative estimate of drug-likeness (QED) is 0.627. The van der Waals surface area contributed by atoms with Crippen LogP contribution in [0.3, 0.4) is 0 Å². The predicted molar refractivity (Wildman–Crippen MR) is 85.5 cm³/mol. The molecule has 0 spiro atoms. The van der Waals surface area contributed by atoms with Crippen LogP contribution in [0.15, 0.2) is 36.5 Å². The first kappa shape index (κ1) is 16.5. The molecule has 1 N–H and O–H groups in total. The van der Waals surface area contributed by atoms with Crippen molar-refractivity contribution in [3.8, 4) is 5.75 Å². The van der Waals surface area contributed by atoms with E-state index in [0.29, 0.717) is 17.0 Å². The molecule has 0 aliphatic rings. The number of hydrogen-bond donors (Lipinski definition) is 1. The second kappa shape index (κ2) is 7.40. The Kier molecular flexibility index (Phi) is 5.30. The van der Waals surface area contributed by atoms with Crippen molar-refractivity contribution in [2.45, 2.75) is 13.3 Å². The fraction of sp³-hybridized carbons (Fsp3) is 0.235. The summed E-state index contributed by atoms with van der Waals surface area (Å²) in [7, 11) is 1.77. The Morgan fingerprint density at radius 1 is 1.30 bits per heavy atom. The first-order valence-corrected chi connectivity index (χ1v) is 7.13. The van der Waals surface area contributed by atoms with Crippen molar-refractivity contribution < 1.29 is 19.4 Å². The van der Waals surface area contributed by atoms with E-state index in [9.17, 15) is 9.59 Å². The number of rotatable bonds is 7. The number of carbonyl (C=O) groups is 2. The summed E-state index contributed by atoms with van der Waals surface area (Å²) in [6, 6.07) is 7.08. The van der Waals surface area contributed by atoms with Gasteiger partial charge in [-0.2, -0.15) is 5.10 Å². The van der Waals surface area contributed by atoms with Crippen LogP contribution in [0.1, 0.15) is 28.0 Å². The first-order valence-electron chi connectivity index (χ1n) is 7.13. The molecule has 0 fully saturated rings. The van der Waals surface area contributed by atoms with Gasteiger partial charge in [0.05, 0.1) is 24.3 Å². The van der Waals surface area contributed by atoms with Crippen molar-refractivity contribution >= 4 is 17.8 Å². The van der Waals surface area contributed by atoms with Crippen LogP contribution in [0.25, 0.3) is 6.08 Å². The number of ketones is 1. The molecule has 0 saturated heterocycles. The maximum Gasteiger partial charge on any atom is 0.306 e. The molecule has 0 bridgehead atoms. The molecule has 1 aromatic carbocycles. The number of aromatic nitrogens is 2. The third-order valence-electron chi connectivity index (χ3n) is 3.17. The van der Waals surface area contributed by atoms with Gasteiger partial charge in [-0.15, -0.1) is 0 Å². The van der Waals surface area contributed by atoms with Gasteiger partial charge in [0.1, 0.15) is 5.75 Å². The molecule has 0 atom stereocenters. The molecule has 0 unspecified atom stereocenters. The number of aliphatic carboxylic acids is 1. The molecule has 2 rings (SSSR count). The van der Waals surface area contributed by atoms with Crippen LogP contribution in [-0.2, 0) is 11.8 Å². The predicted octanol–water partition coefficient (Wildman–Crippen LogP) is 2.48. The molecule has 6 heteroatoms. The van der Waals surface area contributed by atoms with Gasteiger partial charge in [-0.1, -0.05) is 18.2 Å². The number of carboxylic acids is 1. The third-order valence-corrected chi connectivity index (χ3v) is 3.17. The lowest BCUT2D eigenvalue weighted by Crippen LogP contribution is -2.04. The monoisotopic (exact) mass is 314 g/mol. The summed E-state index contributed by atoms with van der Waals surface area (Å²) in [5.41, 5.74) is 2.13. The van der Waals surface area contributed by atoms with Gasteiger partial charge in [-0.05, 0) is 30.7 Å². The molecule has 0 amide bonds. The average molecular weight is 314 g/mol. The Bertz CT molecular complexity index is 730. The minimum Gasteiger partial charge on any atom is -0.493 e. The molecule has 0 aliphatic heterocycles. The van der Waals surface area contributed by atoms with Gasteiger partial charge in [0, 0.05) is 13.2 Å². The van der Waals surface area contributed by atoms with E-state index in [1.807, 2.05) is 0 Å². The topological polar surface area (TPSA) is 81.4 Å². The Labute approximate surface area is 134 Å². The molecule has 0 aliphatic carbocycles. The fourth-order valence-corrected chi connectivity index (χ4v) is 2.03. The van der Waals surface area contributed by atoms with Gasteiger partial charge in [0.25, 0.3) is 0 Å². The average Bonchev–Trinajstić information content (AvgIpc) is 2.84. The summed E-state index contributed by atoms with van der Waals surface area (Å²) in [5.74, 6) is -0.399. The van der Waals surface area contributed by atoms with Gasteiger partial charge < -0.3 is 9.84 Å². The normalized spacial score (nSPS) is 10.9. The van der Waals surface area contributed by atoms with Gasteiger partial charge >= 0.3 is 5.97 Å². The smallest absolute Gasteiger partial charge is 0.306 e. The zero-order chi connectivity index (χ0) is 16.8. The number of carbonyl (C=O) groups excluding carboxylic acids is 1. The number of aryl methyl sites for hydroxylation is 2. The van der Waals surface area contributed by atoms with E-state index < -0.39 is 5.97 Å². The molecular weight excluding hydrogens is 296 g/mol. The van der Waals surface area contributed by atoms with Crippen molar-refractivity contribution in [2.24, 2.45) is 7.05 Å². The number of allylic oxidation sites excluding steroid dienone is 1. The summed E-state index contributed by atoms with van der Waals surface area (Å²) in [4.78, 5) is 22.5. The number of ether oxygens (including phenoxy) is 1. The highest BCUT2D eigenvalue weighted by Crippen LogP contribution is 2.14. The van der Waals surface area contributed by atoms with Crippen LogP contribution in [0.2, 0.25) is 0 Å². The summed E-state index contributed by atoms with van der Waals surface area (Å²) in [5, 5.41) is 12.7. The number of hydrogen-bond acceptors (Lipinski definition) is 4. The summed E-state index contributed by atoms with van der Waals surface area (Å²) < 4.78 is 6.91. The Hall–Kier alpha value is -2.89. The fourth-order valence-electron chi connectivity index (χ4n) is 2.03. The SMILES string of the molecule is Cc1nn(C)cc1C(=O)C=Cc1ccc(OCCC(=O)O)cc1. The molecule has 2 aromatic rings. The van der Waals surface area contributed by atoms with Crippen LogP contribution in [-0.4, -0.2) is 33.2 Å². The molecule has 0 radical (unpaired) electrons. The van der Waals surface area contributed by atoms with Gasteiger partial charge in [-0.3, -0.25) is 14.3 Å². The molecule has 6 nitrogen and oxygen atoms in total. The Balaban J connectivity index is 1.96. The Morgan fingerprint density at radius 3 is 2.57 bits per heavy atom. The van der Waals surface area contributed by atoms with Gasteiger partial charge in [0.2, 0.25) is 0 Å². The number of carboxylic acid groups (broad SMARTS) is 1. The first-order chi connectivity index (χ1) is 11.0. The van der Waals surface area contributed by atoms with Crippen LogP contribution < -0.4 is 4.74 Å². The van der Waals surface area contributed by atoms with Crippen molar-refractivity contribution in [2.75, 3.05) is 6.61 Å². The zero-order valence-corrected chi connectivity index (χ0v) is 13.0. The van der Waals surface area contributed by atoms with E-state index in [1.165, 1.54) is 6.08 Å². The van der Waals surface area contributed by atoms with Crippen LogP contribution in [0.4, 0.5) is 0 Å². The van der Waals surface area contributed by atoms with E-state index >= 15 is 0 Å². The second-order valence-electron chi connectivity index (χ2n) is 5.06. The molecule has 120 valence electrons. The minimum absolute atomic E-state index is 0.0411. The van der Waals surface area contributed by atoms with Crippen molar-refractivity contribution in [3.05, 3.63) is 53.4 Å².